The Kier molecular flexibility index (Phi) is 3.52. The molecule has 0 aromatic heterocycles. The van der Waals surface area contributed by atoms with Crippen molar-refractivity contribution in [2.75, 3.05) is 32.7 Å². The SMILES string of the molecule is NCC1(N2CCN(C3CC3)CC2)CCc2ccccc2C1. The molecule has 0 bridgehead atoms. The van der Waals surface area contributed by atoms with Crippen molar-refractivity contribution < 1.29 is 0 Å². The van der Waals surface area contributed by atoms with Gasteiger partial charge in [-0.3, -0.25) is 9.80 Å². The molecule has 1 saturated carbocycles. The molecule has 1 unspecified atom stereocenters. The van der Waals surface area contributed by atoms with Crippen molar-refractivity contribution in [3.05, 3.63) is 35.4 Å². The number of aryl methyl sites for hydroxylation is 1. The van der Waals surface area contributed by atoms with Crippen molar-refractivity contribution in [2.45, 2.75) is 43.7 Å². The lowest BCUT2D eigenvalue weighted by molar-refractivity contribution is 0.0247. The van der Waals surface area contributed by atoms with E-state index in [0.717, 1.165) is 19.0 Å². The smallest absolute Gasteiger partial charge is 0.0376 e. The largest absolute Gasteiger partial charge is 0.329 e. The van der Waals surface area contributed by atoms with Crippen LogP contribution in [-0.4, -0.2) is 54.1 Å². The van der Waals surface area contributed by atoms with Crippen LogP contribution < -0.4 is 5.73 Å². The summed E-state index contributed by atoms with van der Waals surface area (Å²) in [6.45, 7) is 5.69. The van der Waals surface area contributed by atoms with Gasteiger partial charge in [-0.1, -0.05) is 24.3 Å². The Bertz CT molecular complexity index is 503. The van der Waals surface area contributed by atoms with Crippen LogP contribution in [0.25, 0.3) is 0 Å². The maximum Gasteiger partial charge on any atom is 0.0376 e. The van der Waals surface area contributed by atoms with Crippen LogP contribution in [0.4, 0.5) is 0 Å². The van der Waals surface area contributed by atoms with Crippen LogP contribution >= 0.6 is 0 Å². The molecule has 1 aromatic carbocycles. The second-order valence-corrected chi connectivity index (χ2v) is 7.13. The predicted molar refractivity (Wildman–Crippen MR) is 86.4 cm³/mol. The number of nitrogens with two attached hydrogens (primary N) is 1. The monoisotopic (exact) mass is 285 g/mol. The zero-order valence-corrected chi connectivity index (χ0v) is 12.9. The molecule has 2 fully saturated rings. The summed E-state index contributed by atoms with van der Waals surface area (Å²) in [4.78, 5) is 5.40. The van der Waals surface area contributed by atoms with Gasteiger partial charge in [0, 0.05) is 44.3 Å². The first-order valence-electron chi connectivity index (χ1n) is 8.57. The molecule has 3 nitrogen and oxygen atoms in total. The molecular weight excluding hydrogens is 258 g/mol. The second-order valence-electron chi connectivity index (χ2n) is 7.13. The fourth-order valence-electron chi connectivity index (χ4n) is 4.36. The van der Waals surface area contributed by atoms with Gasteiger partial charge in [-0.15, -0.1) is 0 Å². The Balaban J connectivity index is 1.49. The lowest BCUT2D eigenvalue weighted by atomic mass is 9.76. The summed E-state index contributed by atoms with van der Waals surface area (Å²) in [5.41, 5.74) is 9.56. The highest BCUT2D eigenvalue weighted by Gasteiger charge is 2.41. The molecular formula is C18H27N3. The van der Waals surface area contributed by atoms with Gasteiger partial charge in [-0.25, -0.2) is 0 Å². The van der Waals surface area contributed by atoms with Gasteiger partial charge in [0.2, 0.25) is 0 Å². The molecule has 1 heterocycles. The number of rotatable bonds is 3. The van der Waals surface area contributed by atoms with E-state index in [0.29, 0.717) is 0 Å². The molecule has 3 heteroatoms. The first-order chi connectivity index (χ1) is 10.3. The van der Waals surface area contributed by atoms with Crippen LogP contribution in [-0.2, 0) is 12.8 Å². The highest BCUT2D eigenvalue weighted by molar-refractivity contribution is 5.32. The molecule has 0 spiro atoms. The number of fused-ring (bicyclic) bond motifs is 1. The van der Waals surface area contributed by atoms with E-state index in [-0.39, 0.29) is 5.54 Å². The molecule has 1 aromatic rings. The van der Waals surface area contributed by atoms with Crippen molar-refractivity contribution in [2.24, 2.45) is 5.73 Å². The minimum Gasteiger partial charge on any atom is -0.329 e. The van der Waals surface area contributed by atoms with Crippen molar-refractivity contribution >= 4 is 0 Å². The Morgan fingerprint density at radius 2 is 1.76 bits per heavy atom. The third-order valence-electron chi connectivity index (χ3n) is 5.93. The van der Waals surface area contributed by atoms with Crippen LogP contribution in [0.2, 0.25) is 0 Å². The van der Waals surface area contributed by atoms with Gasteiger partial charge in [0.15, 0.2) is 0 Å². The van der Waals surface area contributed by atoms with Crippen molar-refractivity contribution in [3.8, 4) is 0 Å². The number of piperazine rings is 1. The molecule has 4 rings (SSSR count). The van der Waals surface area contributed by atoms with Crippen molar-refractivity contribution in [1.82, 2.24) is 9.80 Å². The van der Waals surface area contributed by atoms with Crippen molar-refractivity contribution in [3.63, 3.8) is 0 Å². The zero-order valence-electron chi connectivity index (χ0n) is 12.9. The first-order valence-corrected chi connectivity index (χ1v) is 8.57. The molecule has 0 radical (unpaired) electrons. The number of benzene rings is 1. The van der Waals surface area contributed by atoms with Crippen LogP contribution in [0.15, 0.2) is 24.3 Å². The number of hydrogen-bond acceptors (Lipinski definition) is 3. The van der Waals surface area contributed by atoms with Crippen LogP contribution in [0.5, 0.6) is 0 Å². The molecule has 2 aliphatic carbocycles. The lowest BCUT2D eigenvalue weighted by Gasteiger charge is -2.49. The van der Waals surface area contributed by atoms with Crippen LogP contribution in [0, 0.1) is 0 Å². The molecule has 1 aliphatic heterocycles. The highest BCUT2D eigenvalue weighted by Crippen LogP contribution is 2.35. The minimum atomic E-state index is 0.212. The average Bonchev–Trinajstić information content (AvgIpc) is 3.39. The molecule has 3 aliphatic rings. The maximum absolute atomic E-state index is 6.28. The highest BCUT2D eigenvalue weighted by atomic mass is 15.3. The standard InChI is InChI=1S/C18H27N3/c19-14-18(8-7-15-3-1-2-4-16(15)13-18)21-11-9-20(10-12-21)17-5-6-17/h1-4,17H,5-14,19H2. The summed E-state index contributed by atoms with van der Waals surface area (Å²) < 4.78 is 0. The Labute approximate surface area is 128 Å². The van der Waals surface area contributed by atoms with E-state index in [4.69, 9.17) is 5.73 Å². The molecule has 2 N–H and O–H groups in total. The zero-order chi connectivity index (χ0) is 14.3. The predicted octanol–water partition coefficient (Wildman–Crippen LogP) is 1.65. The fraction of sp³-hybridized carbons (Fsp3) is 0.667. The van der Waals surface area contributed by atoms with Gasteiger partial charge >= 0.3 is 0 Å². The van der Waals surface area contributed by atoms with Gasteiger partial charge in [-0.05, 0) is 43.2 Å². The normalized spacial score (nSPS) is 31.1. The summed E-state index contributed by atoms with van der Waals surface area (Å²) in [6.07, 6.45) is 6.41. The summed E-state index contributed by atoms with van der Waals surface area (Å²) in [7, 11) is 0. The quantitative estimate of drug-likeness (QED) is 0.916. The second kappa shape index (κ2) is 5.38. The van der Waals surface area contributed by atoms with E-state index >= 15 is 0 Å². The Morgan fingerprint density at radius 1 is 1.05 bits per heavy atom. The van der Waals surface area contributed by atoms with E-state index < -0.39 is 0 Å². The van der Waals surface area contributed by atoms with E-state index in [9.17, 15) is 0 Å². The van der Waals surface area contributed by atoms with Gasteiger partial charge < -0.3 is 5.73 Å². The van der Waals surface area contributed by atoms with Crippen LogP contribution in [0.3, 0.4) is 0 Å². The summed E-state index contributed by atoms with van der Waals surface area (Å²) >= 11 is 0. The molecule has 114 valence electrons. The summed E-state index contributed by atoms with van der Waals surface area (Å²) in [6, 6.07) is 9.85. The Hall–Kier alpha value is -0.900. The van der Waals surface area contributed by atoms with Crippen LogP contribution in [0.1, 0.15) is 30.4 Å². The maximum atomic E-state index is 6.28. The van der Waals surface area contributed by atoms with Crippen molar-refractivity contribution in [1.29, 1.82) is 0 Å². The van der Waals surface area contributed by atoms with Gasteiger partial charge in [0.25, 0.3) is 0 Å². The van der Waals surface area contributed by atoms with Gasteiger partial charge in [-0.2, -0.15) is 0 Å². The molecule has 1 saturated heterocycles. The Morgan fingerprint density at radius 3 is 2.43 bits per heavy atom. The molecule has 1 atom stereocenters. The van der Waals surface area contributed by atoms with E-state index in [1.54, 1.807) is 0 Å². The molecule has 21 heavy (non-hydrogen) atoms. The lowest BCUT2D eigenvalue weighted by Crippen LogP contribution is -2.62. The van der Waals surface area contributed by atoms with E-state index in [1.165, 1.54) is 63.0 Å². The summed E-state index contributed by atoms with van der Waals surface area (Å²) in [5, 5.41) is 0. The average molecular weight is 285 g/mol. The van der Waals surface area contributed by atoms with Gasteiger partial charge in [0.1, 0.15) is 0 Å². The third kappa shape index (κ3) is 2.52. The first kappa shape index (κ1) is 13.7. The summed E-state index contributed by atoms with van der Waals surface area (Å²) in [5.74, 6) is 0. The minimum absolute atomic E-state index is 0.212. The van der Waals surface area contributed by atoms with Gasteiger partial charge in [0.05, 0.1) is 0 Å². The third-order valence-corrected chi connectivity index (χ3v) is 5.93. The number of hydrogen-bond donors (Lipinski definition) is 1. The van der Waals surface area contributed by atoms with E-state index in [1.807, 2.05) is 0 Å². The topological polar surface area (TPSA) is 32.5 Å². The van der Waals surface area contributed by atoms with E-state index in [2.05, 4.69) is 34.1 Å². The molecule has 0 amide bonds. The number of nitrogens with zero attached hydrogens (tertiary/aromatic N) is 2. The fourth-order valence-corrected chi connectivity index (χ4v) is 4.36.